The summed E-state index contributed by atoms with van der Waals surface area (Å²) in [5.41, 5.74) is 1.33. The summed E-state index contributed by atoms with van der Waals surface area (Å²) in [5.74, 6) is -0.882. The van der Waals surface area contributed by atoms with E-state index in [0.717, 1.165) is 42.6 Å². The number of halogens is 1. The molecule has 20 heavy (non-hydrogen) atoms. The number of carboxylic acid groups (broad SMARTS) is 1. The number of carbonyl (C=O) groups is 1. The lowest BCUT2D eigenvalue weighted by molar-refractivity contribution is 0.0697. The third kappa shape index (κ3) is 3.52. The molecule has 1 unspecified atom stereocenters. The molecule has 0 radical (unpaired) electrons. The van der Waals surface area contributed by atoms with E-state index in [1.54, 1.807) is 12.1 Å². The number of likely N-dealkylation sites (N-methyl/N-ethyl adjacent to an activating group) is 1. The second-order valence-electron chi connectivity index (χ2n) is 5.37. The quantitative estimate of drug-likeness (QED) is 0.918. The first-order chi connectivity index (χ1) is 9.51. The van der Waals surface area contributed by atoms with Crippen LogP contribution in [-0.4, -0.2) is 48.7 Å². The van der Waals surface area contributed by atoms with Gasteiger partial charge in [0.2, 0.25) is 0 Å². The number of aromatic carboxylic acids is 1. The first-order valence-electron chi connectivity index (χ1n) is 7.00. The molecule has 0 spiro atoms. The summed E-state index contributed by atoms with van der Waals surface area (Å²) in [5, 5.41) is 9.21. The van der Waals surface area contributed by atoms with Crippen molar-refractivity contribution in [1.82, 2.24) is 4.90 Å². The average molecular weight is 341 g/mol. The van der Waals surface area contributed by atoms with E-state index in [1.165, 1.54) is 0 Å². The van der Waals surface area contributed by atoms with Crippen LogP contribution in [0.2, 0.25) is 0 Å². The summed E-state index contributed by atoms with van der Waals surface area (Å²) in [6, 6.07) is 5.87. The van der Waals surface area contributed by atoms with Gasteiger partial charge in [-0.3, -0.25) is 0 Å². The molecule has 1 aliphatic heterocycles. The van der Waals surface area contributed by atoms with Gasteiger partial charge in [-0.25, -0.2) is 4.79 Å². The first-order valence-corrected chi connectivity index (χ1v) is 7.79. The number of hydrogen-bond donors (Lipinski definition) is 1. The van der Waals surface area contributed by atoms with Crippen molar-refractivity contribution in [3.8, 4) is 0 Å². The standard InChI is InChI=1S/C15H21BrN2O2/c1-3-13-10-17(2)5-4-6-18(13)14-8-11(15(19)20)7-12(16)9-14/h7-9,13H,3-6,10H2,1-2H3,(H,19,20). The summed E-state index contributed by atoms with van der Waals surface area (Å²) < 4.78 is 0.819. The van der Waals surface area contributed by atoms with E-state index in [9.17, 15) is 9.90 Å². The highest BCUT2D eigenvalue weighted by molar-refractivity contribution is 9.10. The lowest BCUT2D eigenvalue weighted by atomic mass is 10.1. The van der Waals surface area contributed by atoms with Crippen LogP contribution in [0.5, 0.6) is 0 Å². The van der Waals surface area contributed by atoms with Gasteiger partial charge in [-0.2, -0.15) is 0 Å². The van der Waals surface area contributed by atoms with Crippen molar-refractivity contribution in [3.05, 3.63) is 28.2 Å². The lowest BCUT2D eigenvalue weighted by Gasteiger charge is -2.32. The van der Waals surface area contributed by atoms with Crippen LogP contribution in [-0.2, 0) is 0 Å². The molecule has 0 saturated carbocycles. The van der Waals surface area contributed by atoms with Crippen LogP contribution in [0, 0.1) is 0 Å². The van der Waals surface area contributed by atoms with Crippen molar-refractivity contribution >= 4 is 27.6 Å². The average Bonchev–Trinajstić information content (AvgIpc) is 2.59. The Balaban J connectivity index is 2.34. The van der Waals surface area contributed by atoms with Crippen LogP contribution in [0.25, 0.3) is 0 Å². The minimum atomic E-state index is -0.882. The summed E-state index contributed by atoms with van der Waals surface area (Å²) in [6.07, 6.45) is 2.15. The van der Waals surface area contributed by atoms with Gasteiger partial charge in [-0.15, -0.1) is 0 Å². The minimum Gasteiger partial charge on any atom is -0.478 e. The molecule has 1 saturated heterocycles. The zero-order chi connectivity index (χ0) is 14.7. The Bertz CT molecular complexity index is 493. The van der Waals surface area contributed by atoms with Crippen molar-refractivity contribution < 1.29 is 9.90 Å². The second kappa shape index (κ2) is 6.59. The van der Waals surface area contributed by atoms with E-state index >= 15 is 0 Å². The lowest BCUT2D eigenvalue weighted by Crippen LogP contribution is -2.39. The van der Waals surface area contributed by atoms with Crippen LogP contribution >= 0.6 is 15.9 Å². The monoisotopic (exact) mass is 340 g/mol. The molecule has 1 aromatic rings. The molecule has 1 N–H and O–H groups in total. The molecule has 1 heterocycles. The van der Waals surface area contributed by atoms with Gasteiger partial charge in [0.25, 0.3) is 0 Å². The van der Waals surface area contributed by atoms with Crippen molar-refractivity contribution in [2.45, 2.75) is 25.8 Å². The molecular formula is C15H21BrN2O2. The molecule has 4 nitrogen and oxygen atoms in total. The van der Waals surface area contributed by atoms with Crippen LogP contribution in [0.15, 0.2) is 22.7 Å². The number of nitrogens with zero attached hydrogens (tertiary/aromatic N) is 2. The third-order valence-electron chi connectivity index (χ3n) is 3.83. The van der Waals surface area contributed by atoms with Gasteiger partial charge in [0, 0.05) is 29.3 Å². The fraction of sp³-hybridized carbons (Fsp3) is 0.533. The van der Waals surface area contributed by atoms with Crippen LogP contribution in [0.4, 0.5) is 5.69 Å². The predicted molar refractivity (Wildman–Crippen MR) is 84.6 cm³/mol. The second-order valence-corrected chi connectivity index (χ2v) is 6.29. The van der Waals surface area contributed by atoms with Gasteiger partial charge >= 0.3 is 5.97 Å². The number of hydrogen-bond acceptors (Lipinski definition) is 3. The first kappa shape index (κ1) is 15.3. The maximum atomic E-state index is 11.2. The number of rotatable bonds is 3. The largest absolute Gasteiger partial charge is 0.478 e. The SMILES string of the molecule is CCC1CN(C)CCCN1c1cc(Br)cc(C(=O)O)c1. The molecule has 0 bridgehead atoms. The van der Waals surface area contributed by atoms with Crippen molar-refractivity contribution in [2.24, 2.45) is 0 Å². The highest BCUT2D eigenvalue weighted by Gasteiger charge is 2.23. The van der Waals surface area contributed by atoms with Crippen LogP contribution in [0.3, 0.4) is 0 Å². The number of anilines is 1. The highest BCUT2D eigenvalue weighted by Crippen LogP contribution is 2.27. The van der Waals surface area contributed by atoms with Gasteiger partial charge in [0.1, 0.15) is 0 Å². The molecule has 5 heteroatoms. The predicted octanol–water partition coefficient (Wildman–Crippen LogP) is 3.07. The molecule has 1 aromatic carbocycles. The normalized spacial score (nSPS) is 20.8. The van der Waals surface area contributed by atoms with Crippen molar-refractivity contribution in [2.75, 3.05) is 31.6 Å². The molecule has 2 rings (SSSR count). The van der Waals surface area contributed by atoms with Crippen molar-refractivity contribution in [3.63, 3.8) is 0 Å². The molecule has 1 aliphatic rings. The van der Waals surface area contributed by atoms with Gasteiger partial charge in [0.15, 0.2) is 0 Å². The Labute approximate surface area is 128 Å². The van der Waals surface area contributed by atoms with Gasteiger partial charge in [0.05, 0.1) is 5.56 Å². The Kier molecular flexibility index (Phi) is 5.05. The minimum absolute atomic E-state index is 0.335. The van der Waals surface area contributed by atoms with E-state index in [-0.39, 0.29) is 0 Å². The van der Waals surface area contributed by atoms with E-state index in [0.29, 0.717) is 11.6 Å². The van der Waals surface area contributed by atoms with E-state index in [4.69, 9.17) is 0 Å². The summed E-state index contributed by atoms with van der Waals surface area (Å²) >= 11 is 3.42. The summed E-state index contributed by atoms with van der Waals surface area (Å²) in [6.45, 7) is 5.27. The van der Waals surface area contributed by atoms with Gasteiger partial charge in [-0.1, -0.05) is 22.9 Å². The third-order valence-corrected chi connectivity index (χ3v) is 4.29. The van der Waals surface area contributed by atoms with E-state index < -0.39 is 5.97 Å². The zero-order valence-corrected chi connectivity index (χ0v) is 13.6. The van der Waals surface area contributed by atoms with Crippen LogP contribution in [0.1, 0.15) is 30.1 Å². The zero-order valence-electron chi connectivity index (χ0n) is 12.0. The smallest absolute Gasteiger partial charge is 0.335 e. The molecule has 110 valence electrons. The topological polar surface area (TPSA) is 43.8 Å². The molecule has 0 amide bonds. The maximum Gasteiger partial charge on any atom is 0.335 e. The molecule has 1 fully saturated rings. The molecule has 0 aliphatic carbocycles. The van der Waals surface area contributed by atoms with Gasteiger partial charge < -0.3 is 14.9 Å². The van der Waals surface area contributed by atoms with E-state index in [1.807, 2.05) is 6.07 Å². The molecular weight excluding hydrogens is 320 g/mol. The summed E-state index contributed by atoms with van der Waals surface area (Å²) in [7, 11) is 2.15. The van der Waals surface area contributed by atoms with Crippen LogP contribution < -0.4 is 4.90 Å². The Morgan fingerprint density at radius 1 is 1.40 bits per heavy atom. The maximum absolute atomic E-state index is 11.2. The highest BCUT2D eigenvalue weighted by atomic mass is 79.9. The molecule has 1 atom stereocenters. The Hall–Kier alpha value is -1.07. The number of benzene rings is 1. The van der Waals surface area contributed by atoms with Crippen molar-refractivity contribution in [1.29, 1.82) is 0 Å². The Morgan fingerprint density at radius 2 is 2.15 bits per heavy atom. The fourth-order valence-corrected chi connectivity index (χ4v) is 3.28. The van der Waals surface area contributed by atoms with Gasteiger partial charge in [-0.05, 0) is 44.6 Å². The fourth-order valence-electron chi connectivity index (χ4n) is 2.80. The number of carboxylic acids is 1. The Morgan fingerprint density at radius 3 is 2.80 bits per heavy atom. The summed E-state index contributed by atoms with van der Waals surface area (Å²) in [4.78, 5) is 15.9. The molecule has 0 aromatic heterocycles. The van der Waals surface area contributed by atoms with E-state index in [2.05, 4.69) is 39.7 Å².